The Morgan fingerprint density at radius 2 is 1.14 bits per heavy atom. The topological polar surface area (TPSA) is 40.5 Å². The molecule has 0 unspecified atom stereocenters. The fourth-order valence-corrected chi connectivity index (χ4v) is 5.73. The fourth-order valence-electron chi connectivity index (χ4n) is 5.73. The summed E-state index contributed by atoms with van der Waals surface area (Å²) in [6, 6.07) is 0. The van der Waals surface area contributed by atoms with E-state index in [4.69, 9.17) is 0 Å². The van der Waals surface area contributed by atoms with Crippen molar-refractivity contribution in [1.29, 1.82) is 0 Å². The van der Waals surface area contributed by atoms with E-state index in [1.165, 1.54) is 18.4 Å². The quantitative estimate of drug-likeness (QED) is 0.448. The number of allylic oxidation sites excluding steroid dienone is 1. The largest absolute Gasteiger partial charge is 0.390 e. The molecule has 0 aliphatic heterocycles. The molecule has 0 bridgehead atoms. The van der Waals surface area contributed by atoms with Crippen LogP contribution in [0.2, 0.25) is 0 Å². The molecule has 2 aliphatic carbocycles. The van der Waals surface area contributed by atoms with Crippen LogP contribution in [0.5, 0.6) is 0 Å². The Bertz CT molecular complexity index is 467. The van der Waals surface area contributed by atoms with E-state index in [1.54, 1.807) is 0 Å². The summed E-state index contributed by atoms with van der Waals surface area (Å²) in [4.78, 5) is 0. The van der Waals surface area contributed by atoms with Gasteiger partial charge in [0.1, 0.15) is 0 Å². The second-order valence-electron chi connectivity index (χ2n) is 11.3. The van der Waals surface area contributed by atoms with Crippen molar-refractivity contribution in [3.63, 3.8) is 0 Å². The average molecular weight is 393 g/mol. The molecule has 2 heteroatoms. The molecule has 2 N–H and O–H groups in total. The third-order valence-corrected chi connectivity index (χ3v) is 8.72. The zero-order chi connectivity index (χ0) is 21.1. The SMILES string of the molecule is C=C(CC[C@@]1(O)C[C@H](C(C)C)CC[C@H]1C)CC[C@@]1(O)C[C@H](C(C)C)CC[C@H]1C. The van der Waals surface area contributed by atoms with Gasteiger partial charge in [-0.25, -0.2) is 0 Å². The Morgan fingerprint density at radius 1 is 0.786 bits per heavy atom. The molecule has 28 heavy (non-hydrogen) atoms. The molecule has 164 valence electrons. The van der Waals surface area contributed by atoms with Crippen molar-refractivity contribution in [2.45, 2.75) is 117 Å². The molecular formula is C26H48O2. The zero-order valence-corrected chi connectivity index (χ0v) is 19.6. The number of hydrogen-bond donors (Lipinski definition) is 2. The van der Waals surface area contributed by atoms with E-state index in [-0.39, 0.29) is 0 Å². The summed E-state index contributed by atoms with van der Waals surface area (Å²) < 4.78 is 0. The molecule has 6 atom stereocenters. The molecule has 2 aliphatic rings. The molecule has 2 saturated carbocycles. The summed E-state index contributed by atoms with van der Waals surface area (Å²) >= 11 is 0. The molecule has 0 radical (unpaired) electrons. The third kappa shape index (κ3) is 5.85. The maximum Gasteiger partial charge on any atom is 0.0679 e. The van der Waals surface area contributed by atoms with Crippen LogP contribution in [0.25, 0.3) is 0 Å². The van der Waals surface area contributed by atoms with Gasteiger partial charge in [-0.3, -0.25) is 0 Å². The van der Waals surface area contributed by atoms with Gasteiger partial charge in [-0.1, -0.05) is 53.7 Å². The maximum atomic E-state index is 11.3. The highest BCUT2D eigenvalue weighted by Crippen LogP contribution is 2.45. The predicted octanol–water partition coefficient (Wildman–Crippen LogP) is 6.75. The first-order chi connectivity index (χ1) is 13.0. The third-order valence-electron chi connectivity index (χ3n) is 8.72. The van der Waals surface area contributed by atoms with Crippen LogP contribution in [0.1, 0.15) is 106 Å². The molecule has 0 aromatic rings. The van der Waals surface area contributed by atoms with Crippen molar-refractivity contribution >= 4 is 0 Å². The van der Waals surface area contributed by atoms with E-state index in [0.29, 0.717) is 35.5 Å². The first-order valence-electron chi connectivity index (χ1n) is 12.1. The van der Waals surface area contributed by atoms with Gasteiger partial charge in [0.25, 0.3) is 0 Å². The standard InChI is InChI=1S/C26H48O2/c1-18(2)23-10-8-21(6)25(27,16-23)14-12-20(5)13-15-26(28)17-24(19(3)4)11-9-22(26)7/h18-19,21-24,27-28H,5,8-17H2,1-4,6-7H3/t21-,22-,23-,24-,25-,26-/m1/s1. The van der Waals surface area contributed by atoms with Crippen molar-refractivity contribution < 1.29 is 10.2 Å². The molecule has 2 rings (SSSR count). The van der Waals surface area contributed by atoms with Gasteiger partial charge in [-0.2, -0.15) is 0 Å². The summed E-state index contributed by atoms with van der Waals surface area (Å²) in [5.41, 5.74) is 0.140. The van der Waals surface area contributed by atoms with Crippen molar-refractivity contribution in [3.8, 4) is 0 Å². The van der Waals surface area contributed by atoms with Crippen LogP contribution in [0.15, 0.2) is 12.2 Å². The van der Waals surface area contributed by atoms with Crippen LogP contribution in [-0.4, -0.2) is 21.4 Å². The van der Waals surface area contributed by atoms with E-state index >= 15 is 0 Å². The van der Waals surface area contributed by atoms with Crippen LogP contribution < -0.4 is 0 Å². The van der Waals surface area contributed by atoms with Crippen LogP contribution in [-0.2, 0) is 0 Å². The molecule has 0 aromatic carbocycles. The Kier molecular flexibility index (Phi) is 8.25. The molecule has 0 aromatic heterocycles. The van der Waals surface area contributed by atoms with Gasteiger partial charge in [0.05, 0.1) is 11.2 Å². The van der Waals surface area contributed by atoms with Gasteiger partial charge in [-0.15, -0.1) is 0 Å². The van der Waals surface area contributed by atoms with Gasteiger partial charge in [0.2, 0.25) is 0 Å². The highest BCUT2D eigenvalue weighted by atomic mass is 16.3. The molecular weight excluding hydrogens is 344 g/mol. The van der Waals surface area contributed by atoms with E-state index in [2.05, 4.69) is 48.1 Å². The lowest BCUT2D eigenvalue weighted by Gasteiger charge is -2.44. The van der Waals surface area contributed by atoms with Crippen LogP contribution in [0, 0.1) is 35.5 Å². The van der Waals surface area contributed by atoms with Gasteiger partial charge in [0, 0.05) is 0 Å². The number of rotatable bonds is 8. The van der Waals surface area contributed by atoms with Crippen molar-refractivity contribution in [2.75, 3.05) is 0 Å². The monoisotopic (exact) mass is 392 g/mol. The second kappa shape index (κ2) is 9.65. The normalized spacial score (nSPS) is 39.5. The summed E-state index contributed by atoms with van der Waals surface area (Å²) in [6.07, 6.45) is 10.1. The maximum absolute atomic E-state index is 11.3. The average Bonchev–Trinajstić information content (AvgIpc) is 2.63. The predicted molar refractivity (Wildman–Crippen MR) is 120 cm³/mol. The first kappa shape index (κ1) is 23.9. The lowest BCUT2D eigenvalue weighted by atomic mass is 9.65. The molecule has 2 nitrogen and oxygen atoms in total. The van der Waals surface area contributed by atoms with Crippen LogP contribution in [0.3, 0.4) is 0 Å². The minimum atomic E-state index is -0.534. The summed E-state index contributed by atoms with van der Waals surface area (Å²) in [5, 5.41) is 22.6. The van der Waals surface area contributed by atoms with Crippen molar-refractivity contribution in [1.82, 2.24) is 0 Å². The Hall–Kier alpha value is -0.340. The second-order valence-corrected chi connectivity index (χ2v) is 11.3. The van der Waals surface area contributed by atoms with E-state index < -0.39 is 11.2 Å². The Labute approximate surface area is 175 Å². The van der Waals surface area contributed by atoms with Crippen LogP contribution >= 0.6 is 0 Å². The Balaban J connectivity index is 1.86. The smallest absolute Gasteiger partial charge is 0.0679 e. The van der Waals surface area contributed by atoms with Crippen molar-refractivity contribution in [3.05, 3.63) is 12.2 Å². The minimum absolute atomic E-state index is 0.379. The highest BCUT2D eigenvalue weighted by Gasteiger charge is 2.42. The molecule has 0 heterocycles. The summed E-state index contributed by atoms with van der Waals surface area (Å²) in [5.74, 6) is 3.35. The highest BCUT2D eigenvalue weighted by molar-refractivity contribution is 5.02. The van der Waals surface area contributed by atoms with Gasteiger partial charge >= 0.3 is 0 Å². The summed E-state index contributed by atoms with van der Waals surface area (Å²) in [7, 11) is 0. The molecule has 0 spiro atoms. The molecule has 2 fully saturated rings. The van der Waals surface area contributed by atoms with Crippen molar-refractivity contribution in [2.24, 2.45) is 35.5 Å². The lowest BCUT2D eigenvalue weighted by molar-refractivity contribution is -0.0750. The zero-order valence-electron chi connectivity index (χ0n) is 19.6. The van der Waals surface area contributed by atoms with Gasteiger partial charge < -0.3 is 10.2 Å². The fraction of sp³-hybridized carbons (Fsp3) is 0.923. The van der Waals surface area contributed by atoms with E-state index in [1.807, 2.05) is 0 Å². The van der Waals surface area contributed by atoms with Gasteiger partial charge in [-0.05, 0) is 99.7 Å². The van der Waals surface area contributed by atoms with E-state index in [0.717, 1.165) is 51.4 Å². The molecule has 0 amide bonds. The number of aliphatic hydroxyl groups is 2. The van der Waals surface area contributed by atoms with Crippen LogP contribution in [0.4, 0.5) is 0 Å². The van der Waals surface area contributed by atoms with Gasteiger partial charge in [0.15, 0.2) is 0 Å². The van der Waals surface area contributed by atoms with E-state index in [9.17, 15) is 10.2 Å². The lowest BCUT2D eigenvalue weighted by Crippen LogP contribution is -2.44. The number of hydrogen-bond acceptors (Lipinski definition) is 2. The Morgan fingerprint density at radius 3 is 1.46 bits per heavy atom. The minimum Gasteiger partial charge on any atom is -0.390 e. The first-order valence-corrected chi connectivity index (χ1v) is 12.1. The summed E-state index contributed by atoms with van der Waals surface area (Å²) in [6.45, 7) is 17.9. The molecule has 0 saturated heterocycles.